The smallest absolute Gasteiger partial charge is 0.198 e. The van der Waals surface area contributed by atoms with Gasteiger partial charge in [-0.25, -0.2) is 0 Å². The summed E-state index contributed by atoms with van der Waals surface area (Å²) in [4.78, 5) is 26.4. The number of allylic oxidation sites excluding steroid dienone is 2. The van der Waals surface area contributed by atoms with E-state index in [1.807, 2.05) is 0 Å². The largest absolute Gasteiger partial charge is 0.507 e. The number of carbonyl (C=O) groups is 2. The average molecular weight is 487 g/mol. The number of Topliss-reactive ketones (excluding diaryl/α,β-unsaturated/α-hetero) is 1. The normalized spacial score (nSPS) is 12.8. The highest BCUT2D eigenvalue weighted by molar-refractivity contribution is 6.40. The fourth-order valence-electron chi connectivity index (χ4n) is 4.10. The second-order valence-corrected chi connectivity index (χ2v) is 8.75. The predicted octanol–water partition coefficient (Wildman–Crippen LogP) is 6.59. The van der Waals surface area contributed by atoms with E-state index in [0.717, 1.165) is 25.7 Å². The average Bonchev–Trinajstić information content (AvgIpc) is 2.88. The number of ether oxygens (including phenoxy) is 2. The van der Waals surface area contributed by atoms with E-state index in [0.29, 0.717) is 35.8 Å². The summed E-state index contributed by atoms with van der Waals surface area (Å²) in [5.74, 6) is -0.398. The molecule has 3 aromatic rings. The Balaban J connectivity index is 1.62. The van der Waals surface area contributed by atoms with Crippen LogP contribution in [-0.4, -0.2) is 35.0 Å². The molecule has 0 aromatic heterocycles. The molecule has 2 N–H and O–H groups in total. The van der Waals surface area contributed by atoms with Gasteiger partial charge in [0.05, 0.1) is 24.3 Å². The zero-order valence-corrected chi connectivity index (χ0v) is 20.5. The van der Waals surface area contributed by atoms with Gasteiger partial charge in [0.15, 0.2) is 11.6 Å². The molecule has 4 rings (SSSR count). The number of ketones is 2. The van der Waals surface area contributed by atoms with E-state index >= 15 is 0 Å². The van der Waals surface area contributed by atoms with Crippen LogP contribution in [0.4, 0.5) is 0 Å². The summed E-state index contributed by atoms with van der Waals surface area (Å²) >= 11 is 0. The van der Waals surface area contributed by atoms with Crippen LogP contribution in [0.3, 0.4) is 0 Å². The standard InChI is InChI=1S/C30H30O6/c1-3-5-15-35-21-11-7-19(8-12-21)23-17-25(31)28-27(29(23)33)26(32)18-24(30(28)34)20-9-13-22(14-10-20)36-16-6-4-2/h7-14,17-18,31,33H,3-6,15-16H2,1-2H3. The van der Waals surface area contributed by atoms with Crippen molar-refractivity contribution in [3.63, 3.8) is 0 Å². The number of aromatic hydroxyl groups is 2. The second-order valence-electron chi connectivity index (χ2n) is 8.75. The van der Waals surface area contributed by atoms with Crippen molar-refractivity contribution in [1.82, 2.24) is 0 Å². The van der Waals surface area contributed by atoms with E-state index in [9.17, 15) is 19.8 Å². The maximum absolute atomic E-state index is 13.3. The number of phenolic OH excluding ortho intramolecular Hbond substituents is 2. The van der Waals surface area contributed by atoms with Crippen molar-refractivity contribution in [3.8, 4) is 34.1 Å². The molecule has 1 aliphatic carbocycles. The molecular formula is C30H30O6. The molecule has 0 heterocycles. The van der Waals surface area contributed by atoms with Gasteiger partial charge in [0.1, 0.15) is 23.0 Å². The van der Waals surface area contributed by atoms with E-state index in [-0.39, 0.29) is 33.8 Å². The van der Waals surface area contributed by atoms with Gasteiger partial charge >= 0.3 is 0 Å². The number of unbranched alkanes of at least 4 members (excludes halogenated alkanes) is 2. The third-order valence-electron chi connectivity index (χ3n) is 6.14. The summed E-state index contributed by atoms with van der Waals surface area (Å²) in [5, 5.41) is 21.8. The van der Waals surface area contributed by atoms with Gasteiger partial charge in [-0.2, -0.15) is 0 Å². The molecule has 0 radical (unpaired) electrons. The Labute approximate surface area is 210 Å². The highest BCUT2D eigenvalue weighted by Crippen LogP contribution is 2.43. The topological polar surface area (TPSA) is 93.1 Å². The fraction of sp³-hybridized carbons (Fsp3) is 0.267. The minimum absolute atomic E-state index is 0.156. The Bertz CT molecular complexity index is 1290. The Morgan fingerprint density at radius 3 is 1.78 bits per heavy atom. The number of hydrogen-bond acceptors (Lipinski definition) is 6. The Morgan fingerprint density at radius 1 is 0.722 bits per heavy atom. The Morgan fingerprint density at radius 2 is 1.25 bits per heavy atom. The van der Waals surface area contributed by atoms with Gasteiger partial charge in [0.2, 0.25) is 0 Å². The zero-order valence-electron chi connectivity index (χ0n) is 20.5. The first kappa shape index (κ1) is 25.0. The van der Waals surface area contributed by atoms with Gasteiger partial charge in [-0.15, -0.1) is 0 Å². The summed E-state index contributed by atoms with van der Waals surface area (Å²) in [6, 6.07) is 15.2. The quantitative estimate of drug-likeness (QED) is 0.248. The van der Waals surface area contributed by atoms with Gasteiger partial charge in [-0.3, -0.25) is 9.59 Å². The van der Waals surface area contributed by atoms with Gasteiger partial charge < -0.3 is 19.7 Å². The monoisotopic (exact) mass is 486 g/mol. The molecule has 0 saturated heterocycles. The predicted molar refractivity (Wildman–Crippen MR) is 139 cm³/mol. The lowest BCUT2D eigenvalue weighted by atomic mass is 9.83. The molecule has 3 aromatic carbocycles. The molecule has 186 valence electrons. The molecule has 6 heteroatoms. The molecule has 0 atom stereocenters. The van der Waals surface area contributed by atoms with Gasteiger partial charge in [-0.05, 0) is 60.4 Å². The van der Waals surface area contributed by atoms with Crippen molar-refractivity contribution in [2.75, 3.05) is 13.2 Å². The zero-order chi connectivity index (χ0) is 25.7. The third kappa shape index (κ3) is 5.13. The molecule has 0 aliphatic heterocycles. The molecule has 6 nitrogen and oxygen atoms in total. The molecule has 0 unspecified atom stereocenters. The maximum atomic E-state index is 13.3. The first-order chi connectivity index (χ1) is 17.4. The molecule has 0 amide bonds. The van der Waals surface area contributed by atoms with Crippen LogP contribution < -0.4 is 9.47 Å². The molecule has 0 fully saturated rings. The molecule has 0 spiro atoms. The van der Waals surface area contributed by atoms with Gasteiger partial charge in [0.25, 0.3) is 0 Å². The minimum atomic E-state index is -0.544. The van der Waals surface area contributed by atoms with E-state index in [1.54, 1.807) is 48.5 Å². The lowest BCUT2D eigenvalue weighted by Crippen LogP contribution is -2.17. The van der Waals surface area contributed by atoms with E-state index in [4.69, 9.17) is 9.47 Å². The summed E-state index contributed by atoms with van der Waals surface area (Å²) in [7, 11) is 0. The maximum Gasteiger partial charge on any atom is 0.198 e. The molecule has 0 saturated carbocycles. The molecule has 36 heavy (non-hydrogen) atoms. The van der Waals surface area contributed by atoms with Crippen LogP contribution >= 0.6 is 0 Å². The summed E-state index contributed by atoms with van der Waals surface area (Å²) in [6.07, 6.45) is 5.16. The van der Waals surface area contributed by atoms with Crippen LogP contribution in [0.2, 0.25) is 0 Å². The number of rotatable bonds is 10. The highest BCUT2D eigenvalue weighted by Gasteiger charge is 2.33. The number of carbonyl (C=O) groups excluding carboxylic acids is 2. The first-order valence-corrected chi connectivity index (χ1v) is 12.3. The lowest BCUT2D eigenvalue weighted by molar-refractivity contribution is 0.0997. The number of hydrogen-bond donors (Lipinski definition) is 2. The number of benzene rings is 3. The Hall–Kier alpha value is -4.06. The van der Waals surface area contributed by atoms with Crippen molar-refractivity contribution >= 4 is 17.1 Å². The molecular weight excluding hydrogens is 456 g/mol. The first-order valence-electron chi connectivity index (χ1n) is 12.3. The third-order valence-corrected chi connectivity index (χ3v) is 6.14. The minimum Gasteiger partial charge on any atom is -0.507 e. The molecule has 0 bridgehead atoms. The van der Waals surface area contributed by atoms with Gasteiger partial charge in [0, 0.05) is 11.1 Å². The van der Waals surface area contributed by atoms with Crippen LogP contribution in [0, 0.1) is 0 Å². The highest BCUT2D eigenvalue weighted by atomic mass is 16.5. The fourth-order valence-corrected chi connectivity index (χ4v) is 4.10. The van der Waals surface area contributed by atoms with Crippen LogP contribution in [0.25, 0.3) is 16.7 Å². The van der Waals surface area contributed by atoms with E-state index in [2.05, 4.69) is 13.8 Å². The van der Waals surface area contributed by atoms with Crippen molar-refractivity contribution in [3.05, 3.63) is 77.4 Å². The lowest BCUT2D eigenvalue weighted by Gasteiger charge is -2.20. The second kappa shape index (κ2) is 11.1. The van der Waals surface area contributed by atoms with Crippen molar-refractivity contribution in [2.24, 2.45) is 0 Å². The summed E-state index contributed by atoms with van der Waals surface area (Å²) in [6.45, 7) is 5.38. The number of fused-ring (bicyclic) bond motifs is 1. The summed E-state index contributed by atoms with van der Waals surface area (Å²) in [5.41, 5.74) is 1.15. The van der Waals surface area contributed by atoms with E-state index in [1.165, 1.54) is 12.1 Å². The Kier molecular flexibility index (Phi) is 7.74. The van der Waals surface area contributed by atoms with Crippen LogP contribution in [0.15, 0.2) is 60.7 Å². The van der Waals surface area contributed by atoms with Crippen LogP contribution in [-0.2, 0) is 0 Å². The summed E-state index contributed by atoms with van der Waals surface area (Å²) < 4.78 is 11.3. The molecule has 1 aliphatic rings. The van der Waals surface area contributed by atoms with Crippen molar-refractivity contribution in [1.29, 1.82) is 0 Å². The van der Waals surface area contributed by atoms with E-state index < -0.39 is 11.6 Å². The van der Waals surface area contributed by atoms with Crippen molar-refractivity contribution < 1.29 is 29.3 Å². The number of phenols is 2. The van der Waals surface area contributed by atoms with Gasteiger partial charge in [-0.1, -0.05) is 51.0 Å². The van der Waals surface area contributed by atoms with Crippen molar-refractivity contribution in [2.45, 2.75) is 39.5 Å². The van der Waals surface area contributed by atoms with Crippen LogP contribution in [0.5, 0.6) is 23.0 Å². The SMILES string of the molecule is CCCCOc1ccc(C2=CC(=O)c3c(O)c(-c4ccc(OCCCC)cc4)cc(O)c3C2=O)cc1. The van der Waals surface area contributed by atoms with Crippen LogP contribution in [0.1, 0.15) is 65.8 Å².